The lowest BCUT2D eigenvalue weighted by atomic mass is 10.3. The Morgan fingerprint density at radius 3 is 2.27 bits per heavy atom. The van der Waals surface area contributed by atoms with Gasteiger partial charge in [0, 0.05) is 31.2 Å². The van der Waals surface area contributed by atoms with Gasteiger partial charge in [-0.25, -0.2) is 9.24 Å². The van der Waals surface area contributed by atoms with Crippen LogP contribution in [0.15, 0.2) is 60.7 Å². The van der Waals surface area contributed by atoms with Crippen LogP contribution >= 0.6 is 19.3 Å². The van der Waals surface area contributed by atoms with Gasteiger partial charge >= 0.3 is 7.67 Å². The van der Waals surface area contributed by atoms with Crippen LogP contribution in [0.4, 0.5) is 5.69 Å². The monoisotopic (exact) mass is 336 g/mol. The largest absolute Gasteiger partial charge is 0.422 e. The van der Waals surface area contributed by atoms with Gasteiger partial charge in [0.05, 0.1) is 0 Å². The van der Waals surface area contributed by atoms with E-state index in [9.17, 15) is 4.57 Å². The van der Waals surface area contributed by atoms with Crippen molar-refractivity contribution in [3.63, 3.8) is 0 Å². The molecule has 0 unspecified atom stereocenters. The lowest BCUT2D eigenvalue weighted by molar-refractivity contribution is 0.394. The molecular formula is C16H18ClN2O2P. The zero-order chi connectivity index (χ0) is 15.4. The number of alkyl halides is 1. The molecule has 0 aromatic heterocycles. The topological polar surface area (TPSA) is 32.8 Å². The molecule has 0 bridgehead atoms. The van der Waals surface area contributed by atoms with Gasteiger partial charge in [0.15, 0.2) is 0 Å². The molecule has 0 N–H and O–H groups in total. The Labute approximate surface area is 135 Å². The van der Waals surface area contributed by atoms with Crippen LogP contribution in [0, 0.1) is 0 Å². The van der Waals surface area contributed by atoms with E-state index in [0.717, 1.165) is 5.69 Å². The van der Waals surface area contributed by atoms with E-state index >= 15 is 0 Å². The average Bonchev–Trinajstić information content (AvgIpc) is 2.86. The molecule has 6 heteroatoms. The molecule has 2 aromatic carbocycles. The molecule has 1 atom stereocenters. The molecule has 0 radical (unpaired) electrons. The quantitative estimate of drug-likeness (QED) is 0.604. The van der Waals surface area contributed by atoms with Crippen LogP contribution in [0.1, 0.15) is 0 Å². The summed E-state index contributed by atoms with van der Waals surface area (Å²) >= 11 is 5.87. The summed E-state index contributed by atoms with van der Waals surface area (Å²) in [6, 6.07) is 19.0. The maximum atomic E-state index is 13.6. The van der Waals surface area contributed by atoms with Crippen molar-refractivity contribution in [2.75, 3.05) is 30.2 Å². The first-order valence-electron chi connectivity index (χ1n) is 7.23. The van der Waals surface area contributed by atoms with E-state index < -0.39 is 7.67 Å². The van der Waals surface area contributed by atoms with Gasteiger partial charge in [-0.1, -0.05) is 36.4 Å². The minimum atomic E-state index is -3.17. The van der Waals surface area contributed by atoms with Crippen molar-refractivity contribution in [1.29, 1.82) is 0 Å². The van der Waals surface area contributed by atoms with Crippen molar-refractivity contribution in [3.8, 4) is 5.75 Å². The highest BCUT2D eigenvalue weighted by Crippen LogP contribution is 2.58. The normalized spacial score (nSPS) is 22.0. The fourth-order valence-corrected chi connectivity index (χ4v) is 5.25. The number of anilines is 1. The molecule has 0 saturated carbocycles. The number of halogens is 1. The second-order valence-corrected chi connectivity index (χ2v) is 7.59. The molecule has 1 aliphatic rings. The highest BCUT2D eigenvalue weighted by Gasteiger charge is 2.45. The van der Waals surface area contributed by atoms with Gasteiger partial charge in [0.1, 0.15) is 5.75 Å². The van der Waals surface area contributed by atoms with Crippen molar-refractivity contribution in [3.05, 3.63) is 60.7 Å². The summed E-state index contributed by atoms with van der Waals surface area (Å²) in [5.41, 5.74) is 0.902. The van der Waals surface area contributed by atoms with Crippen molar-refractivity contribution in [1.82, 2.24) is 4.67 Å². The minimum absolute atomic E-state index is 0.421. The van der Waals surface area contributed by atoms with E-state index in [2.05, 4.69) is 0 Å². The summed E-state index contributed by atoms with van der Waals surface area (Å²) in [6.07, 6.45) is 0. The molecule has 1 fully saturated rings. The fourth-order valence-electron chi connectivity index (χ4n) is 2.55. The number of nitrogens with zero attached hydrogens (tertiary/aromatic N) is 2. The number of hydrogen-bond acceptors (Lipinski definition) is 2. The van der Waals surface area contributed by atoms with Crippen LogP contribution in [0.5, 0.6) is 5.75 Å². The maximum absolute atomic E-state index is 13.6. The molecule has 1 saturated heterocycles. The van der Waals surface area contributed by atoms with Crippen LogP contribution in [-0.2, 0) is 4.57 Å². The Balaban J connectivity index is 1.94. The molecule has 1 aliphatic heterocycles. The van der Waals surface area contributed by atoms with Crippen molar-refractivity contribution >= 4 is 25.0 Å². The summed E-state index contributed by atoms with van der Waals surface area (Å²) in [5, 5.41) is 0. The number of hydrogen-bond donors (Lipinski definition) is 0. The van der Waals surface area contributed by atoms with Gasteiger partial charge in [-0.3, -0.25) is 4.67 Å². The van der Waals surface area contributed by atoms with Crippen LogP contribution < -0.4 is 9.19 Å². The Morgan fingerprint density at radius 1 is 1.00 bits per heavy atom. The first-order chi connectivity index (χ1) is 10.7. The molecule has 22 heavy (non-hydrogen) atoms. The van der Waals surface area contributed by atoms with Crippen molar-refractivity contribution in [2.45, 2.75) is 0 Å². The lowest BCUT2D eigenvalue weighted by Gasteiger charge is -2.30. The van der Waals surface area contributed by atoms with Crippen LogP contribution in [0.3, 0.4) is 0 Å². The molecule has 116 valence electrons. The second kappa shape index (κ2) is 6.74. The van der Waals surface area contributed by atoms with Gasteiger partial charge < -0.3 is 4.52 Å². The van der Waals surface area contributed by atoms with Gasteiger partial charge in [-0.05, 0) is 24.3 Å². The molecule has 3 rings (SSSR count). The van der Waals surface area contributed by atoms with Crippen molar-refractivity contribution < 1.29 is 9.09 Å². The van der Waals surface area contributed by atoms with E-state index in [4.69, 9.17) is 16.1 Å². The third kappa shape index (κ3) is 3.00. The summed E-state index contributed by atoms with van der Waals surface area (Å²) in [6.45, 7) is 1.87. The zero-order valence-corrected chi connectivity index (χ0v) is 13.8. The summed E-state index contributed by atoms with van der Waals surface area (Å²) in [4.78, 5) is 0. The van der Waals surface area contributed by atoms with E-state index in [0.29, 0.717) is 31.3 Å². The standard InChI is InChI=1S/C16H18ClN2O2P/c17-11-12-18-13-14-19(15-7-3-1-4-8-15)22(18,20)21-16-9-5-2-6-10-16/h1-10H,11-14H2/t22-/m1/s1. The third-order valence-electron chi connectivity index (χ3n) is 3.60. The maximum Gasteiger partial charge on any atom is 0.422 e. The van der Waals surface area contributed by atoms with Gasteiger partial charge in [-0.15, -0.1) is 11.6 Å². The first kappa shape index (κ1) is 15.4. The van der Waals surface area contributed by atoms with Crippen LogP contribution in [-0.4, -0.2) is 30.2 Å². The molecular weight excluding hydrogens is 319 g/mol. The second-order valence-electron chi connectivity index (χ2n) is 5.00. The number of benzene rings is 2. The van der Waals surface area contributed by atoms with E-state index in [-0.39, 0.29) is 0 Å². The first-order valence-corrected chi connectivity index (χ1v) is 9.30. The molecule has 0 spiro atoms. The van der Waals surface area contributed by atoms with Crippen molar-refractivity contribution in [2.24, 2.45) is 0 Å². The molecule has 0 amide bonds. The summed E-state index contributed by atoms with van der Waals surface area (Å²) in [5.74, 6) is 1.03. The molecule has 4 nitrogen and oxygen atoms in total. The highest BCUT2D eigenvalue weighted by molar-refractivity contribution is 7.59. The predicted molar refractivity (Wildman–Crippen MR) is 90.8 cm³/mol. The summed E-state index contributed by atoms with van der Waals surface area (Å²) < 4.78 is 23.3. The third-order valence-corrected chi connectivity index (χ3v) is 6.37. The lowest BCUT2D eigenvalue weighted by Crippen LogP contribution is -2.24. The Bertz CT molecular complexity index is 654. The van der Waals surface area contributed by atoms with Crippen LogP contribution in [0.25, 0.3) is 0 Å². The van der Waals surface area contributed by atoms with E-state index in [1.807, 2.05) is 70.0 Å². The van der Waals surface area contributed by atoms with Crippen LogP contribution in [0.2, 0.25) is 0 Å². The highest BCUT2D eigenvalue weighted by atomic mass is 35.5. The Kier molecular flexibility index (Phi) is 4.72. The average molecular weight is 337 g/mol. The van der Waals surface area contributed by atoms with Gasteiger partial charge in [0.25, 0.3) is 0 Å². The number of para-hydroxylation sites is 2. The predicted octanol–water partition coefficient (Wildman–Crippen LogP) is 4.23. The Morgan fingerprint density at radius 2 is 1.64 bits per heavy atom. The zero-order valence-electron chi connectivity index (χ0n) is 12.1. The smallest absolute Gasteiger partial charge is 0.418 e. The molecule has 1 heterocycles. The number of rotatable bonds is 5. The SMILES string of the molecule is O=[P@@]1(Oc2ccccc2)N(CCCl)CCN1c1ccccc1. The summed E-state index contributed by atoms with van der Waals surface area (Å²) in [7, 11) is -3.17. The molecule has 2 aromatic rings. The fraction of sp³-hybridized carbons (Fsp3) is 0.250. The van der Waals surface area contributed by atoms with E-state index in [1.165, 1.54) is 0 Å². The van der Waals surface area contributed by atoms with E-state index in [1.54, 1.807) is 0 Å². The van der Waals surface area contributed by atoms with Gasteiger partial charge in [-0.2, -0.15) is 0 Å². The Hall–Kier alpha value is -1.48. The molecule has 0 aliphatic carbocycles. The minimum Gasteiger partial charge on any atom is -0.418 e. The van der Waals surface area contributed by atoms with Gasteiger partial charge in [0.2, 0.25) is 0 Å².